The van der Waals surface area contributed by atoms with E-state index in [1.54, 1.807) is 0 Å². The zero-order valence-electron chi connectivity index (χ0n) is 10.7. The summed E-state index contributed by atoms with van der Waals surface area (Å²) in [4.78, 5) is 13.1. The number of nitrogens with one attached hydrogen (secondary N) is 1. The van der Waals surface area contributed by atoms with Crippen molar-refractivity contribution < 1.29 is 22.7 Å². The van der Waals surface area contributed by atoms with Gasteiger partial charge < -0.3 is 15.8 Å². The molecule has 0 unspecified atom stereocenters. The summed E-state index contributed by atoms with van der Waals surface area (Å²) >= 11 is 0. The molecule has 0 bridgehead atoms. The van der Waals surface area contributed by atoms with Crippen molar-refractivity contribution in [2.24, 2.45) is 5.73 Å². The first-order valence-electron chi connectivity index (χ1n) is 6.28. The first-order chi connectivity index (χ1) is 8.90. The summed E-state index contributed by atoms with van der Waals surface area (Å²) < 4.78 is 41.2. The maximum Gasteiger partial charge on any atom is 0.405 e. The van der Waals surface area contributed by atoms with Gasteiger partial charge in [-0.25, -0.2) is 0 Å². The molecule has 5 nitrogen and oxygen atoms in total. The van der Waals surface area contributed by atoms with Gasteiger partial charge in [-0.2, -0.15) is 13.2 Å². The predicted molar refractivity (Wildman–Crippen MR) is 63.5 cm³/mol. The van der Waals surface area contributed by atoms with E-state index in [4.69, 9.17) is 10.5 Å². The van der Waals surface area contributed by atoms with E-state index in [1.165, 1.54) is 0 Å². The summed E-state index contributed by atoms with van der Waals surface area (Å²) in [5.74, 6) is -0.598. The molecule has 0 saturated carbocycles. The summed E-state index contributed by atoms with van der Waals surface area (Å²) in [5.41, 5.74) is 5.33. The highest BCUT2D eigenvalue weighted by Gasteiger charge is 2.28. The van der Waals surface area contributed by atoms with E-state index in [0.29, 0.717) is 26.2 Å². The number of rotatable bonds is 6. The fourth-order valence-corrected chi connectivity index (χ4v) is 1.93. The molecular formula is C11H20F3N3O2. The highest BCUT2D eigenvalue weighted by Crippen LogP contribution is 2.14. The number of nitrogens with zero attached hydrogens (tertiary/aromatic N) is 1. The quantitative estimate of drug-likeness (QED) is 0.726. The van der Waals surface area contributed by atoms with Gasteiger partial charge >= 0.3 is 6.18 Å². The molecule has 1 heterocycles. The zero-order chi connectivity index (χ0) is 14.3. The number of carbonyl (C=O) groups excluding carboxylic acids is 1. The number of ether oxygens (including phenoxy) is 1. The van der Waals surface area contributed by atoms with E-state index in [-0.39, 0.29) is 12.6 Å². The Morgan fingerprint density at radius 3 is 2.53 bits per heavy atom. The Hall–Kier alpha value is -0.860. The van der Waals surface area contributed by atoms with Crippen LogP contribution in [0.2, 0.25) is 0 Å². The number of nitrogens with two attached hydrogens (primary N) is 1. The first kappa shape index (κ1) is 16.2. The number of likely N-dealkylation sites (tertiary alicyclic amines) is 1. The molecule has 1 aliphatic heterocycles. The molecule has 0 aromatic rings. The van der Waals surface area contributed by atoms with Gasteiger partial charge in [0.1, 0.15) is 6.54 Å². The van der Waals surface area contributed by atoms with E-state index in [9.17, 15) is 18.0 Å². The van der Waals surface area contributed by atoms with Gasteiger partial charge in [0.15, 0.2) is 0 Å². The molecule has 0 aromatic carbocycles. The summed E-state index contributed by atoms with van der Waals surface area (Å²) in [7, 11) is 0. The van der Waals surface area contributed by atoms with Crippen LogP contribution in [0.1, 0.15) is 12.8 Å². The first-order valence-corrected chi connectivity index (χ1v) is 6.28. The van der Waals surface area contributed by atoms with Crippen LogP contribution in [0.25, 0.3) is 0 Å². The van der Waals surface area contributed by atoms with Crippen LogP contribution in [0.4, 0.5) is 13.2 Å². The van der Waals surface area contributed by atoms with E-state index in [1.807, 2.05) is 10.2 Å². The van der Waals surface area contributed by atoms with Gasteiger partial charge in [0, 0.05) is 19.6 Å². The highest BCUT2D eigenvalue weighted by molar-refractivity contribution is 5.78. The Kier molecular flexibility index (Phi) is 6.53. The number of hydrogen-bond donors (Lipinski definition) is 2. The molecule has 1 rings (SSSR count). The third-order valence-electron chi connectivity index (χ3n) is 2.86. The summed E-state index contributed by atoms with van der Waals surface area (Å²) in [5, 5.41) is 1.86. The third-order valence-corrected chi connectivity index (χ3v) is 2.86. The minimum Gasteiger partial charge on any atom is -0.377 e. The van der Waals surface area contributed by atoms with Crippen molar-refractivity contribution in [1.29, 1.82) is 0 Å². The molecule has 112 valence electrons. The van der Waals surface area contributed by atoms with Crippen LogP contribution in [0, 0.1) is 0 Å². The second-order valence-corrected chi connectivity index (χ2v) is 4.53. The van der Waals surface area contributed by atoms with Crippen molar-refractivity contribution in [2.75, 3.05) is 39.3 Å². The largest absolute Gasteiger partial charge is 0.405 e. The van der Waals surface area contributed by atoms with Crippen molar-refractivity contribution in [3.8, 4) is 0 Å². The van der Waals surface area contributed by atoms with Crippen molar-refractivity contribution in [3.05, 3.63) is 0 Å². The Labute approximate surface area is 110 Å². The summed E-state index contributed by atoms with van der Waals surface area (Å²) in [6.45, 7) is 1.00. The van der Waals surface area contributed by atoms with Gasteiger partial charge in [-0.1, -0.05) is 0 Å². The predicted octanol–water partition coefficient (Wildman–Crippen LogP) is 0.105. The van der Waals surface area contributed by atoms with Gasteiger partial charge in [-0.15, -0.1) is 0 Å². The molecule has 0 aromatic heterocycles. The standard InChI is InChI=1S/C11H20F3N3O2/c12-11(13,14)8-16-10(18)7-17-4-1-9(2-5-17)19-6-3-15/h9H,1-8,15H2,(H,16,18). The second-order valence-electron chi connectivity index (χ2n) is 4.53. The maximum absolute atomic E-state index is 11.9. The number of alkyl halides is 3. The zero-order valence-corrected chi connectivity index (χ0v) is 10.7. The monoisotopic (exact) mass is 283 g/mol. The number of amides is 1. The molecule has 8 heteroatoms. The molecule has 1 saturated heterocycles. The SMILES string of the molecule is NCCOC1CCN(CC(=O)NCC(F)(F)F)CC1. The molecule has 1 aliphatic rings. The van der Waals surface area contributed by atoms with Gasteiger partial charge in [0.2, 0.25) is 5.91 Å². The lowest BCUT2D eigenvalue weighted by Crippen LogP contribution is -2.45. The Bertz CT molecular complexity index is 279. The van der Waals surface area contributed by atoms with Crippen molar-refractivity contribution in [1.82, 2.24) is 10.2 Å². The normalized spacial score (nSPS) is 18.5. The van der Waals surface area contributed by atoms with Crippen LogP contribution in [-0.4, -0.2) is 62.4 Å². The second kappa shape index (κ2) is 7.66. The smallest absolute Gasteiger partial charge is 0.377 e. The number of halogens is 3. The van der Waals surface area contributed by atoms with Crippen LogP contribution in [0.3, 0.4) is 0 Å². The van der Waals surface area contributed by atoms with Crippen molar-refractivity contribution in [3.63, 3.8) is 0 Å². The number of hydrogen-bond acceptors (Lipinski definition) is 4. The Morgan fingerprint density at radius 1 is 1.37 bits per heavy atom. The fourth-order valence-electron chi connectivity index (χ4n) is 1.93. The van der Waals surface area contributed by atoms with E-state index in [2.05, 4.69) is 0 Å². The Balaban J connectivity index is 2.16. The topological polar surface area (TPSA) is 67.6 Å². The van der Waals surface area contributed by atoms with Crippen LogP contribution in [0.5, 0.6) is 0 Å². The van der Waals surface area contributed by atoms with Gasteiger partial charge in [0.05, 0.1) is 19.3 Å². The number of carbonyl (C=O) groups is 1. The molecule has 3 N–H and O–H groups in total. The molecule has 19 heavy (non-hydrogen) atoms. The molecule has 0 atom stereocenters. The average Bonchev–Trinajstić information content (AvgIpc) is 2.35. The lowest BCUT2D eigenvalue weighted by molar-refractivity contribution is -0.139. The molecule has 0 spiro atoms. The van der Waals surface area contributed by atoms with E-state index < -0.39 is 18.6 Å². The molecule has 0 radical (unpaired) electrons. The minimum atomic E-state index is -4.36. The lowest BCUT2D eigenvalue weighted by Gasteiger charge is -2.31. The Morgan fingerprint density at radius 2 is 2.00 bits per heavy atom. The average molecular weight is 283 g/mol. The van der Waals surface area contributed by atoms with Crippen LogP contribution >= 0.6 is 0 Å². The number of piperidine rings is 1. The van der Waals surface area contributed by atoms with Crippen LogP contribution in [0.15, 0.2) is 0 Å². The van der Waals surface area contributed by atoms with Crippen molar-refractivity contribution in [2.45, 2.75) is 25.1 Å². The van der Waals surface area contributed by atoms with Crippen LogP contribution < -0.4 is 11.1 Å². The van der Waals surface area contributed by atoms with Crippen LogP contribution in [-0.2, 0) is 9.53 Å². The molecule has 0 aliphatic carbocycles. The van der Waals surface area contributed by atoms with Crippen molar-refractivity contribution >= 4 is 5.91 Å². The third kappa shape index (κ3) is 7.34. The van der Waals surface area contributed by atoms with Gasteiger partial charge in [-0.05, 0) is 12.8 Å². The molecule has 1 amide bonds. The summed E-state index contributed by atoms with van der Waals surface area (Å²) in [6, 6.07) is 0. The fraction of sp³-hybridized carbons (Fsp3) is 0.909. The maximum atomic E-state index is 11.9. The van der Waals surface area contributed by atoms with E-state index in [0.717, 1.165) is 12.8 Å². The lowest BCUT2D eigenvalue weighted by atomic mass is 10.1. The molecular weight excluding hydrogens is 263 g/mol. The minimum absolute atomic E-state index is 0.000309. The molecule has 1 fully saturated rings. The highest BCUT2D eigenvalue weighted by atomic mass is 19.4. The van der Waals surface area contributed by atoms with Gasteiger partial charge in [-0.3, -0.25) is 9.69 Å². The van der Waals surface area contributed by atoms with E-state index >= 15 is 0 Å². The van der Waals surface area contributed by atoms with Gasteiger partial charge in [0.25, 0.3) is 0 Å². The summed E-state index contributed by atoms with van der Waals surface area (Å²) in [6.07, 6.45) is -2.68.